The highest BCUT2D eigenvalue weighted by molar-refractivity contribution is 7.71. The van der Waals surface area contributed by atoms with Crippen molar-refractivity contribution in [2.75, 3.05) is 0 Å². The molecule has 3 aromatic rings. The molecule has 1 N–H and O–H groups in total. The summed E-state index contributed by atoms with van der Waals surface area (Å²) < 4.78 is 6.60. The van der Waals surface area contributed by atoms with Gasteiger partial charge in [0, 0.05) is 19.8 Å². The van der Waals surface area contributed by atoms with Crippen molar-refractivity contribution in [3.63, 3.8) is 0 Å². The van der Waals surface area contributed by atoms with Gasteiger partial charge in [-0.2, -0.15) is 10.2 Å². The largest absolute Gasteiger partial charge is 0.328 e. The number of rotatable bonds is 3. The molecule has 0 unspecified atom stereocenters. The van der Waals surface area contributed by atoms with Gasteiger partial charge in [-0.3, -0.25) is 13.9 Å². The standard InChI is InChI=1S/C12H16N6S/c1-8-6-13-17(7-8)4-5-18-11-10(14-12(18)19)9(2)15-16(11)3/h6-7H,4-5H2,1-3H3,(H,14,19). The summed E-state index contributed by atoms with van der Waals surface area (Å²) in [6.07, 6.45) is 3.89. The van der Waals surface area contributed by atoms with Crippen molar-refractivity contribution in [3.8, 4) is 0 Å². The molecule has 3 aromatic heterocycles. The molecule has 0 fully saturated rings. The van der Waals surface area contributed by atoms with Crippen LogP contribution in [0.25, 0.3) is 11.2 Å². The van der Waals surface area contributed by atoms with Crippen LogP contribution in [0.1, 0.15) is 11.3 Å². The van der Waals surface area contributed by atoms with Crippen molar-refractivity contribution in [2.24, 2.45) is 7.05 Å². The number of aryl methyl sites for hydroxylation is 5. The summed E-state index contributed by atoms with van der Waals surface area (Å²) in [6.45, 7) is 5.58. The minimum absolute atomic E-state index is 0.731. The lowest BCUT2D eigenvalue weighted by atomic mass is 10.4. The SMILES string of the molecule is Cc1cnn(CCn2c(=S)[nH]c3c(C)nn(C)c32)c1. The average molecular weight is 276 g/mol. The van der Waals surface area contributed by atoms with Crippen LogP contribution < -0.4 is 0 Å². The number of hydrogen-bond donors (Lipinski definition) is 1. The van der Waals surface area contributed by atoms with Gasteiger partial charge in [0.25, 0.3) is 0 Å². The van der Waals surface area contributed by atoms with Gasteiger partial charge >= 0.3 is 0 Å². The van der Waals surface area contributed by atoms with Gasteiger partial charge in [0.2, 0.25) is 0 Å². The van der Waals surface area contributed by atoms with Crippen LogP contribution >= 0.6 is 12.2 Å². The third-order valence-corrected chi connectivity index (χ3v) is 3.56. The summed E-state index contributed by atoms with van der Waals surface area (Å²) in [5.41, 5.74) is 4.19. The van der Waals surface area contributed by atoms with Gasteiger partial charge in [-0.25, -0.2) is 0 Å². The highest BCUT2D eigenvalue weighted by Crippen LogP contribution is 2.16. The van der Waals surface area contributed by atoms with Crippen LogP contribution in [0, 0.1) is 18.6 Å². The maximum atomic E-state index is 5.38. The fourth-order valence-electron chi connectivity index (χ4n) is 2.37. The fourth-order valence-corrected chi connectivity index (χ4v) is 2.65. The molecular formula is C12H16N6S. The van der Waals surface area contributed by atoms with Crippen LogP contribution in [0.15, 0.2) is 12.4 Å². The Morgan fingerprint density at radius 2 is 2.11 bits per heavy atom. The van der Waals surface area contributed by atoms with Crippen molar-refractivity contribution in [1.82, 2.24) is 29.1 Å². The highest BCUT2D eigenvalue weighted by atomic mass is 32.1. The van der Waals surface area contributed by atoms with Crippen molar-refractivity contribution >= 4 is 23.4 Å². The van der Waals surface area contributed by atoms with E-state index >= 15 is 0 Å². The van der Waals surface area contributed by atoms with Gasteiger partial charge in [0.15, 0.2) is 10.4 Å². The highest BCUT2D eigenvalue weighted by Gasteiger charge is 2.12. The Labute approximate surface area is 115 Å². The molecule has 3 heterocycles. The molecule has 0 aliphatic heterocycles. The van der Waals surface area contributed by atoms with Gasteiger partial charge < -0.3 is 4.98 Å². The van der Waals surface area contributed by atoms with Crippen molar-refractivity contribution in [1.29, 1.82) is 0 Å². The van der Waals surface area contributed by atoms with Gasteiger partial charge in [-0.05, 0) is 31.6 Å². The molecule has 19 heavy (non-hydrogen) atoms. The average Bonchev–Trinajstić information content (AvgIpc) is 2.97. The first-order valence-electron chi connectivity index (χ1n) is 6.17. The summed E-state index contributed by atoms with van der Waals surface area (Å²) in [7, 11) is 1.94. The normalized spacial score (nSPS) is 11.5. The Balaban J connectivity index is 1.96. The van der Waals surface area contributed by atoms with E-state index in [2.05, 4.69) is 19.7 Å². The molecule has 0 saturated carbocycles. The van der Waals surface area contributed by atoms with Crippen molar-refractivity contribution in [2.45, 2.75) is 26.9 Å². The molecule has 0 bridgehead atoms. The van der Waals surface area contributed by atoms with E-state index in [0.717, 1.165) is 34.7 Å². The second-order valence-electron chi connectivity index (χ2n) is 4.77. The number of nitrogens with zero attached hydrogens (tertiary/aromatic N) is 5. The molecule has 0 atom stereocenters. The van der Waals surface area contributed by atoms with E-state index in [1.165, 1.54) is 5.56 Å². The number of nitrogens with one attached hydrogen (secondary N) is 1. The first kappa shape index (κ1) is 12.2. The lowest BCUT2D eigenvalue weighted by molar-refractivity contribution is 0.530. The van der Waals surface area contributed by atoms with Crippen molar-refractivity contribution in [3.05, 3.63) is 28.4 Å². The number of imidazole rings is 1. The van der Waals surface area contributed by atoms with E-state index in [-0.39, 0.29) is 0 Å². The van der Waals surface area contributed by atoms with Crippen LogP contribution in [0.2, 0.25) is 0 Å². The molecule has 0 aliphatic rings. The molecule has 0 amide bonds. The van der Waals surface area contributed by atoms with E-state index < -0.39 is 0 Å². The maximum absolute atomic E-state index is 5.38. The van der Waals surface area contributed by atoms with Crippen LogP contribution in [-0.2, 0) is 20.1 Å². The van der Waals surface area contributed by atoms with Gasteiger partial charge in [0.1, 0.15) is 5.52 Å². The first-order valence-corrected chi connectivity index (χ1v) is 6.58. The zero-order chi connectivity index (χ0) is 13.6. The van der Waals surface area contributed by atoms with Crippen LogP contribution in [-0.4, -0.2) is 29.1 Å². The molecular weight excluding hydrogens is 260 g/mol. The van der Waals surface area contributed by atoms with E-state index in [4.69, 9.17) is 12.2 Å². The van der Waals surface area contributed by atoms with E-state index in [9.17, 15) is 0 Å². The molecule has 100 valence electrons. The topological polar surface area (TPSA) is 56.4 Å². The summed E-state index contributed by atoms with van der Waals surface area (Å²) in [5.74, 6) is 0. The summed E-state index contributed by atoms with van der Waals surface area (Å²) in [4.78, 5) is 3.22. The minimum atomic E-state index is 0.731. The zero-order valence-electron chi connectivity index (χ0n) is 11.2. The predicted octanol–water partition coefficient (Wildman–Crippen LogP) is 1.95. The molecule has 0 radical (unpaired) electrons. The Kier molecular flexibility index (Phi) is 2.78. The summed E-state index contributed by atoms with van der Waals surface area (Å²) >= 11 is 5.38. The van der Waals surface area contributed by atoms with Gasteiger partial charge in [-0.1, -0.05) is 0 Å². The molecule has 0 saturated heterocycles. The Bertz CT molecular complexity index is 787. The Hall–Kier alpha value is -1.89. The lowest BCUT2D eigenvalue weighted by Gasteiger charge is -2.05. The molecule has 0 spiro atoms. The van der Waals surface area contributed by atoms with E-state index in [1.807, 2.05) is 42.7 Å². The number of aromatic nitrogens is 6. The van der Waals surface area contributed by atoms with Gasteiger partial charge in [-0.15, -0.1) is 0 Å². The van der Waals surface area contributed by atoms with E-state index in [0.29, 0.717) is 0 Å². The second-order valence-corrected chi connectivity index (χ2v) is 5.16. The minimum Gasteiger partial charge on any atom is -0.328 e. The first-order chi connectivity index (χ1) is 9.06. The third kappa shape index (κ3) is 1.99. The van der Waals surface area contributed by atoms with Crippen LogP contribution in [0.3, 0.4) is 0 Å². The number of fused-ring (bicyclic) bond motifs is 1. The Morgan fingerprint density at radius 1 is 1.32 bits per heavy atom. The van der Waals surface area contributed by atoms with Crippen molar-refractivity contribution < 1.29 is 0 Å². The second kappa shape index (κ2) is 4.34. The van der Waals surface area contributed by atoms with Crippen LogP contribution in [0.5, 0.6) is 0 Å². The molecule has 3 rings (SSSR count). The quantitative estimate of drug-likeness (QED) is 0.744. The maximum Gasteiger partial charge on any atom is 0.179 e. The third-order valence-electron chi connectivity index (χ3n) is 3.24. The molecule has 0 aliphatic carbocycles. The van der Waals surface area contributed by atoms with Crippen LogP contribution in [0.4, 0.5) is 0 Å². The van der Waals surface area contributed by atoms with Gasteiger partial charge in [0.05, 0.1) is 18.4 Å². The zero-order valence-corrected chi connectivity index (χ0v) is 12.0. The molecule has 7 heteroatoms. The Morgan fingerprint density at radius 3 is 2.79 bits per heavy atom. The number of hydrogen-bond acceptors (Lipinski definition) is 3. The number of aromatic amines is 1. The smallest absolute Gasteiger partial charge is 0.179 e. The lowest BCUT2D eigenvalue weighted by Crippen LogP contribution is -2.09. The predicted molar refractivity (Wildman–Crippen MR) is 75.6 cm³/mol. The monoisotopic (exact) mass is 276 g/mol. The number of H-pyrrole nitrogens is 1. The fraction of sp³-hybridized carbons (Fsp3) is 0.417. The molecule has 0 aromatic carbocycles. The molecule has 6 nitrogen and oxygen atoms in total. The summed E-state index contributed by atoms with van der Waals surface area (Å²) in [5, 5.41) is 8.70. The van der Waals surface area contributed by atoms with E-state index in [1.54, 1.807) is 0 Å². The summed E-state index contributed by atoms with van der Waals surface area (Å²) in [6, 6.07) is 0.